The fraction of sp³-hybridized carbons (Fsp3) is 0.273. The third-order valence-corrected chi connectivity index (χ3v) is 2.59. The highest BCUT2D eigenvalue weighted by atomic mass is 79.9. The first kappa shape index (κ1) is 10.4. The first-order valence-electron chi connectivity index (χ1n) is 4.84. The van der Waals surface area contributed by atoms with E-state index in [4.69, 9.17) is 4.52 Å². The van der Waals surface area contributed by atoms with E-state index < -0.39 is 0 Å². The fourth-order valence-corrected chi connectivity index (χ4v) is 1.56. The van der Waals surface area contributed by atoms with Gasteiger partial charge in [-0.2, -0.15) is 4.98 Å². The molecule has 0 aliphatic heterocycles. The van der Waals surface area contributed by atoms with Crippen LogP contribution in [-0.2, 0) is 6.42 Å². The van der Waals surface area contributed by atoms with Crippen molar-refractivity contribution in [1.82, 2.24) is 10.1 Å². The molecule has 0 atom stereocenters. The fourth-order valence-electron chi connectivity index (χ4n) is 1.28. The second-order valence-corrected chi connectivity index (χ2v) is 3.96. The molecule has 0 saturated heterocycles. The number of rotatable bonds is 4. The summed E-state index contributed by atoms with van der Waals surface area (Å²) in [7, 11) is 0. The standard InChI is InChI=1S/C11H11BrN2O/c12-8-4-7-10-13-11(14-15-10)9-5-2-1-3-6-9/h1-3,5-6H,4,7-8H2. The minimum absolute atomic E-state index is 0.667. The molecule has 0 radical (unpaired) electrons. The van der Waals surface area contributed by atoms with Crippen molar-refractivity contribution < 1.29 is 4.52 Å². The highest BCUT2D eigenvalue weighted by Gasteiger charge is 2.06. The molecule has 1 aromatic carbocycles. The molecule has 0 aliphatic rings. The van der Waals surface area contributed by atoms with Gasteiger partial charge < -0.3 is 4.52 Å². The Balaban J connectivity index is 2.14. The van der Waals surface area contributed by atoms with Crippen LogP contribution in [0.15, 0.2) is 34.9 Å². The van der Waals surface area contributed by atoms with Crippen molar-refractivity contribution in [2.75, 3.05) is 5.33 Å². The predicted molar refractivity (Wildman–Crippen MR) is 61.8 cm³/mol. The molecule has 0 bridgehead atoms. The maximum absolute atomic E-state index is 5.14. The summed E-state index contributed by atoms with van der Waals surface area (Å²) in [6.07, 6.45) is 1.83. The van der Waals surface area contributed by atoms with Crippen LogP contribution in [0.2, 0.25) is 0 Å². The van der Waals surface area contributed by atoms with E-state index in [0.29, 0.717) is 11.7 Å². The van der Waals surface area contributed by atoms with Crippen LogP contribution >= 0.6 is 15.9 Å². The SMILES string of the molecule is BrCCCc1nc(-c2ccccc2)no1. The average Bonchev–Trinajstić information content (AvgIpc) is 2.76. The Morgan fingerprint density at radius 1 is 1.20 bits per heavy atom. The summed E-state index contributed by atoms with van der Waals surface area (Å²) in [5.41, 5.74) is 0.992. The van der Waals surface area contributed by atoms with Gasteiger partial charge in [-0.25, -0.2) is 0 Å². The van der Waals surface area contributed by atoms with E-state index in [0.717, 1.165) is 23.7 Å². The summed E-state index contributed by atoms with van der Waals surface area (Å²) in [6, 6.07) is 9.83. The lowest BCUT2D eigenvalue weighted by molar-refractivity contribution is 0.378. The quantitative estimate of drug-likeness (QED) is 0.799. The maximum atomic E-state index is 5.14. The highest BCUT2D eigenvalue weighted by Crippen LogP contribution is 2.15. The van der Waals surface area contributed by atoms with Gasteiger partial charge >= 0.3 is 0 Å². The van der Waals surface area contributed by atoms with Crippen molar-refractivity contribution in [3.63, 3.8) is 0 Å². The molecule has 2 aromatic rings. The minimum atomic E-state index is 0.667. The van der Waals surface area contributed by atoms with Gasteiger partial charge in [0.05, 0.1) is 0 Å². The molecule has 15 heavy (non-hydrogen) atoms. The van der Waals surface area contributed by atoms with Crippen LogP contribution in [0.4, 0.5) is 0 Å². The number of aryl methyl sites for hydroxylation is 1. The van der Waals surface area contributed by atoms with E-state index in [1.807, 2.05) is 30.3 Å². The lowest BCUT2D eigenvalue weighted by atomic mass is 10.2. The number of benzene rings is 1. The van der Waals surface area contributed by atoms with Crippen LogP contribution in [0.25, 0.3) is 11.4 Å². The van der Waals surface area contributed by atoms with Gasteiger partial charge in [-0.1, -0.05) is 51.4 Å². The molecule has 78 valence electrons. The first-order chi connectivity index (χ1) is 7.40. The molecule has 0 unspecified atom stereocenters. The zero-order valence-electron chi connectivity index (χ0n) is 8.19. The van der Waals surface area contributed by atoms with Crippen molar-refractivity contribution in [3.8, 4) is 11.4 Å². The molecular weight excluding hydrogens is 256 g/mol. The Bertz CT molecular complexity index is 414. The van der Waals surface area contributed by atoms with Gasteiger partial charge in [0.15, 0.2) is 0 Å². The Kier molecular flexibility index (Phi) is 3.50. The van der Waals surface area contributed by atoms with Gasteiger partial charge in [0.2, 0.25) is 11.7 Å². The van der Waals surface area contributed by atoms with Gasteiger partial charge in [0.25, 0.3) is 0 Å². The second-order valence-electron chi connectivity index (χ2n) is 3.17. The van der Waals surface area contributed by atoms with Crippen molar-refractivity contribution in [2.24, 2.45) is 0 Å². The molecular formula is C11H11BrN2O. The number of aromatic nitrogens is 2. The van der Waals surface area contributed by atoms with Crippen molar-refractivity contribution in [2.45, 2.75) is 12.8 Å². The number of alkyl halides is 1. The number of nitrogens with zero attached hydrogens (tertiary/aromatic N) is 2. The first-order valence-corrected chi connectivity index (χ1v) is 5.96. The summed E-state index contributed by atoms with van der Waals surface area (Å²) < 4.78 is 5.14. The van der Waals surface area contributed by atoms with Crippen molar-refractivity contribution in [3.05, 3.63) is 36.2 Å². The van der Waals surface area contributed by atoms with Crippen LogP contribution in [0.3, 0.4) is 0 Å². The minimum Gasteiger partial charge on any atom is -0.339 e. The molecule has 0 fully saturated rings. The molecule has 2 rings (SSSR count). The predicted octanol–water partition coefficient (Wildman–Crippen LogP) is 3.06. The van der Waals surface area contributed by atoms with E-state index in [2.05, 4.69) is 26.1 Å². The molecule has 1 heterocycles. The van der Waals surface area contributed by atoms with Gasteiger partial charge in [0.1, 0.15) is 0 Å². The second kappa shape index (κ2) is 5.07. The molecule has 4 heteroatoms. The molecule has 0 spiro atoms. The van der Waals surface area contributed by atoms with Crippen molar-refractivity contribution >= 4 is 15.9 Å². The molecule has 3 nitrogen and oxygen atoms in total. The molecule has 0 N–H and O–H groups in total. The lowest BCUT2D eigenvalue weighted by Crippen LogP contribution is -1.86. The zero-order valence-corrected chi connectivity index (χ0v) is 9.77. The summed E-state index contributed by atoms with van der Waals surface area (Å²) in [5, 5.41) is 4.89. The Morgan fingerprint density at radius 3 is 2.73 bits per heavy atom. The van der Waals surface area contributed by atoms with Gasteiger partial charge in [0, 0.05) is 17.3 Å². The summed E-state index contributed by atoms with van der Waals surface area (Å²) in [6.45, 7) is 0. The molecule has 0 saturated carbocycles. The zero-order chi connectivity index (χ0) is 10.5. The maximum Gasteiger partial charge on any atom is 0.226 e. The van der Waals surface area contributed by atoms with Gasteiger partial charge in [-0.05, 0) is 6.42 Å². The van der Waals surface area contributed by atoms with E-state index in [-0.39, 0.29) is 0 Å². The third kappa shape index (κ3) is 2.65. The molecule has 0 amide bonds. The van der Waals surface area contributed by atoms with Crippen LogP contribution in [-0.4, -0.2) is 15.5 Å². The van der Waals surface area contributed by atoms with Crippen LogP contribution in [0.5, 0.6) is 0 Å². The third-order valence-electron chi connectivity index (χ3n) is 2.02. The van der Waals surface area contributed by atoms with Gasteiger partial charge in [-0.15, -0.1) is 0 Å². The Labute approximate surface area is 96.6 Å². The van der Waals surface area contributed by atoms with Crippen LogP contribution in [0.1, 0.15) is 12.3 Å². The monoisotopic (exact) mass is 266 g/mol. The highest BCUT2D eigenvalue weighted by molar-refractivity contribution is 9.09. The van der Waals surface area contributed by atoms with E-state index in [1.54, 1.807) is 0 Å². The molecule has 0 aliphatic carbocycles. The Hall–Kier alpha value is -1.16. The normalized spacial score (nSPS) is 10.5. The van der Waals surface area contributed by atoms with Crippen LogP contribution < -0.4 is 0 Å². The smallest absolute Gasteiger partial charge is 0.226 e. The van der Waals surface area contributed by atoms with Crippen molar-refractivity contribution in [1.29, 1.82) is 0 Å². The largest absolute Gasteiger partial charge is 0.339 e. The van der Waals surface area contributed by atoms with E-state index >= 15 is 0 Å². The number of hydrogen-bond acceptors (Lipinski definition) is 3. The Morgan fingerprint density at radius 2 is 2.00 bits per heavy atom. The van der Waals surface area contributed by atoms with Crippen LogP contribution in [0, 0.1) is 0 Å². The summed E-state index contributed by atoms with van der Waals surface area (Å²) in [4.78, 5) is 4.32. The van der Waals surface area contributed by atoms with E-state index in [9.17, 15) is 0 Å². The summed E-state index contributed by atoms with van der Waals surface area (Å²) >= 11 is 3.37. The van der Waals surface area contributed by atoms with E-state index in [1.165, 1.54) is 0 Å². The number of hydrogen-bond donors (Lipinski definition) is 0. The average molecular weight is 267 g/mol. The topological polar surface area (TPSA) is 38.9 Å². The molecule has 1 aromatic heterocycles. The summed E-state index contributed by atoms with van der Waals surface area (Å²) in [5.74, 6) is 1.37. The van der Waals surface area contributed by atoms with Gasteiger partial charge in [-0.3, -0.25) is 0 Å². The number of halogens is 1. The lowest BCUT2D eigenvalue weighted by Gasteiger charge is -1.90.